The van der Waals surface area contributed by atoms with Gasteiger partial charge in [-0.05, 0) is 48.7 Å². The Balaban J connectivity index is 1.61. The van der Waals surface area contributed by atoms with Crippen molar-refractivity contribution in [2.24, 2.45) is 0 Å². The Morgan fingerprint density at radius 3 is 2.75 bits per heavy atom. The fourth-order valence-corrected chi connectivity index (χ4v) is 2.76. The average Bonchev–Trinajstić information content (AvgIpc) is 3.12. The average molecular weight is 271 g/mol. The number of hydrogen-bond donors (Lipinski definition) is 0. The third-order valence-corrected chi connectivity index (χ3v) is 3.89. The molecule has 0 bridgehead atoms. The molecule has 0 saturated carbocycles. The van der Waals surface area contributed by atoms with E-state index in [1.807, 2.05) is 6.07 Å². The Labute approximate surface area is 120 Å². The lowest BCUT2D eigenvalue weighted by Gasteiger charge is -2.23. The molecule has 2 heterocycles. The van der Waals surface area contributed by atoms with E-state index in [0.29, 0.717) is 0 Å². The molecule has 0 aliphatic carbocycles. The number of rotatable bonds is 5. The minimum atomic E-state index is 0.250. The first-order valence-corrected chi connectivity index (χ1v) is 7.36. The van der Waals surface area contributed by atoms with E-state index in [9.17, 15) is 0 Å². The van der Waals surface area contributed by atoms with Crippen LogP contribution in [0.5, 0.6) is 5.75 Å². The van der Waals surface area contributed by atoms with Gasteiger partial charge in [0.1, 0.15) is 5.75 Å². The largest absolute Gasteiger partial charge is 0.475 e. The maximum Gasteiger partial charge on any atom is 0.152 e. The van der Waals surface area contributed by atoms with Crippen LogP contribution in [0.15, 0.2) is 47.3 Å². The van der Waals surface area contributed by atoms with Gasteiger partial charge in [-0.3, -0.25) is 4.90 Å². The fourth-order valence-electron chi connectivity index (χ4n) is 2.76. The Morgan fingerprint density at radius 2 is 2.05 bits per heavy atom. The van der Waals surface area contributed by atoms with Gasteiger partial charge in [-0.25, -0.2) is 0 Å². The van der Waals surface area contributed by atoms with Gasteiger partial charge >= 0.3 is 0 Å². The number of furan rings is 1. The van der Waals surface area contributed by atoms with Gasteiger partial charge in [0.15, 0.2) is 6.23 Å². The summed E-state index contributed by atoms with van der Waals surface area (Å²) in [4.78, 5) is 2.39. The molecule has 0 amide bonds. The molecule has 3 rings (SSSR count). The number of ether oxygens (including phenoxy) is 1. The first-order valence-electron chi connectivity index (χ1n) is 7.36. The lowest BCUT2D eigenvalue weighted by Crippen LogP contribution is -2.33. The van der Waals surface area contributed by atoms with Gasteiger partial charge in [-0.2, -0.15) is 0 Å². The highest BCUT2D eigenvalue weighted by Gasteiger charge is 2.24. The monoisotopic (exact) mass is 271 g/mol. The second-order valence-electron chi connectivity index (χ2n) is 5.30. The summed E-state index contributed by atoms with van der Waals surface area (Å²) >= 11 is 0. The first kappa shape index (κ1) is 13.3. The van der Waals surface area contributed by atoms with Crippen LogP contribution < -0.4 is 4.74 Å². The highest BCUT2D eigenvalue weighted by Crippen LogP contribution is 2.22. The van der Waals surface area contributed by atoms with Crippen LogP contribution in [0.2, 0.25) is 0 Å². The molecule has 0 radical (unpaired) electrons. The van der Waals surface area contributed by atoms with E-state index in [1.165, 1.54) is 17.5 Å². The van der Waals surface area contributed by atoms with E-state index in [0.717, 1.165) is 31.7 Å². The van der Waals surface area contributed by atoms with Crippen molar-refractivity contribution in [2.45, 2.75) is 32.4 Å². The van der Waals surface area contributed by atoms with Gasteiger partial charge in [0, 0.05) is 13.0 Å². The molecule has 106 valence electrons. The SMILES string of the molecule is CCN1CCCC1Oc1ccc(Cc2ccoc2)cc1. The zero-order valence-corrected chi connectivity index (χ0v) is 11.9. The number of nitrogens with zero attached hydrogens (tertiary/aromatic N) is 1. The zero-order valence-electron chi connectivity index (χ0n) is 11.9. The second kappa shape index (κ2) is 6.14. The van der Waals surface area contributed by atoms with Gasteiger partial charge in [0.2, 0.25) is 0 Å². The predicted octanol–water partition coefficient (Wildman–Crippen LogP) is 3.69. The van der Waals surface area contributed by atoms with Crippen LogP contribution >= 0.6 is 0 Å². The van der Waals surface area contributed by atoms with Crippen molar-refractivity contribution < 1.29 is 9.15 Å². The Morgan fingerprint density at radius 1 is 1.20 bits per heavy atom. The van der Waals surface area contributed by atoms with Gasteiger partial charge < -0.3 is 9.15 Å². The second-order valence-corrected chi connectivity index (χ2v) is 5.30. The molecule has 20 heavy (non-hydrogen) atoms. The minimum absolute atomic E-state index is 0.250. The quantitative estimate of drug-likeness (QED) is 0.829. The van der Waals surface area contributed by atoms with Crippen molar-refractivity contribution in [1.29, 1.82) is 0 Å². The van der Waals surface area contributed by atoms with Crippen molar-refractivity contribution in [3.05, 3.63) is 54.0 Å². The number of hydrogen-bond acceptors (Lipinski definition) is 3. The van der Waals surface area contributed by atoms with Gasteiger partial charge in [0.25, 0.3) is 0 Å². The van der Waals surface area contributed by atoms with Gasteiger partial charge in [-0.15, -0.1) is 0 Å². The van der Waals surface area contributed by atoms with Crippen LogP contribution in [0.25, 0.3) is 0 Å². The van der Waals surface area contributed by atoms with E-state index >= 15 is 0 Å². The van der Waals surface area contributed by atoms with Crippen LogP contribution in [-0.4, -0.2) is 24.2 Å². The van der Waals surface area contributed by atoms with Crippen molar-refractivity contribution >= 4 is 0 Å². The summed E-state index contributed by atoms with van der Waals surface area (Å²) in [6, 6.07) is 10.4. The first-order chi connectivity index (χ1) is 9.85. The molecule has 1 aliphatic rings. The topological polar surface area (TPSA) is 25.6 Å². The molecular weight excluding hydrogens is 250 g/mol. The summed E-state index contributed by atoms with van der Waals surface area (Å²) in [5, 5.41) is 0. The Kier molecular flexibility index (Phi) is 4.07. The van der Waals surface area contributed by atoms with Crippen molar-refractivity contribution in [3.63, 3.8) is 0 Å². The summed E-state index contributed by atoms with van der Waals surface area (Å²) in [6.45, 7) is 4.40. The smallest absolute Gasteiger partial charge is 0.152 e. The normalized spacial score (nSPS) is 19.4. The summed E-state index contributed by atoms with van der Waals surface area (Å²) < 4.78 is 11.2. The number of likely N-dealkylation sites (tertiary alicyclic amines) is 1. The molecule has 1 unspecified atom stereocenters. The lowest BCUT2D eigenvalue weighted by molar-refractivity contribution is 0.0650. The molecule has 1 aromatic carbocycles. The zero-order chi connectivity index (χ0) is 13.8. The fraction of sp³-hybridized carbons (Fsp3) is 0.412. The Hall–Kier alpha value is -1.74. The molecular formula is C17H21NO2. The van der Waals surface area contributed by atoms with Crippen LogP contribution in [0, 0.1) is 0 Å². The molecule has 1 saturated heterocycles. The van der Waals surface area contributed by atoms with Crippen LogP contribution in [-0.2, 0) is 6.42 Å². The molecule has 1 aromatic heterocycles. The van der Waals surface area contributed by atoms with Crippen LogP contribution in [0.3, 0.4) is 0 Å². The van der Waals surface area contributed by atoms with Gasteiger partial charge in [0.05, 0.1) is 12.5 Å². The van der Waals surface area contributed by atoms with Gasteiger partial charge in [-0.1, -0.05) is 19.1 Å². The summed E-state index contributed by atoms with van der Waals surface area (Å²) in [6.07, 6.45) is 7.02. The van der Waals surface area contributed by atoms with E-state index < -0.39 is 0 Å². The summed E-state index contributed by atoms with van der Waals surface area (Å²) in [5.74, 6) is 0.964. The third-order valence-electron chi connectivity index (χ3n) is 3.89. The third kappa shape index (κ3) is 3.05. The predicted molar refractivity (Wildman–Crippen MR) is 78.9 cm³/mol. The maximum absolute atomic E-state index is 6.08. The minimum Gasteiger partial charge on any atom is -0.475 e. The summed E-state index contributed by atoms with van der Waals surface area (Å²) in [5.41, 5.74) is 2.48. The lowest BCUT2D eigenvalue weighted by atomic mass is 10.1. The molecule has 1 atom stereocenters. The molecule has 1 fully saturated rings. The molecule has 1 aliphatic heterocycles. The maximum atomic E-state index is 6.08. The van der Waals surface area contributed by atoms with E-state index in [-0.39, 0.29) is 6.23 Å². The molecule has 0 spiro atoms. The van der Waals surface area contributed by atoms with Crippen molar-refractivity contribution in [3.8, 4) is 5.75 Å². The molecule has 2 aromatic rings. The van der Waals surface area contributed by atoms with Crippen molar-refractivity contribution in [2.75, 3.05) is 13.1 Å². The highest BCUT2D eigenvalue weighted by atomic mass is 16.5. The molecule has 3 nitrogen and oxygen atoms in total. The van der Waals surface area contributed by atoms with E-state index in [2.05, 4.69) is 36.1 Å². The van der Waals surface area contributed by atoms with Crippen LogP contribution in [0.4, 0.5) is 0 Å². The van der Waals surface area contributed by atoms with Crippen molar-refractivity contribution in [1.82, 2.24) is 4.90 Å². The van der Waals surface area contributed by atoms with E-state index in [1.54, 1.807) is 12.5 Å². The Bertz CT molecular complexity index is 518. The molecule has 3 heteroatoms. The summed E-state index contributed by atoms with van der Waals surface area (Å²) in [7, 11) is 0. The van der Waals surface area contributed by atoms with E-state index in [4.69, 9.17) is 9.15 Å². The highest BCUT2D eigenvalue weighted by molar-refractivity contribution is 5.30. The number of benzene rings is 1. The van der Waals surface area contributed by atoms with Crippen LogP contribution in [0.1, 0.15) is 30.9 Å². The molecule has 0 N–H and O–H groups in total. The standard InChI is InChI=1S/C17H21NO2/c1-2-18-10-3-4-17(18)20-16-7-5-14(6-8-16)12-15-9-11-19-13-15/h5-9,11,13,17H,2-4,10,12H2,1H3.